The minimum absolute atomic E-state index is 0.307. The molecule has 0 saturated heterocycles. The van der Waals surface area contributed by atoms with Crippen molar-refractivity contribution in [3.05, 3.63) is 0 Å². The molecule has 7 nitrogen and oxygen atoms in total. The first-order valence-electron chi connectivity index (χ1n) is 6.42. The van der Waals surface area contributed by atoms with Crippen molar-refractivity contribution in [1.82, 2.24) is 10.6 Å². The van der Waals surface area contributed by atoms with Gasteiger partial charge in [-0.2, -0.15) is 0 Å². The van der Waals surface area contributed by atoms with Crippen LogP contribution in [0.2, 0.25) is 0 Å². The van der Waals surface area contributed by atoms with Crippen LogP contribution < -0.4 is 16.4 Å². The van der Waals surface area contributed by atoms with Gasteiger partial charge in [-0.25, -0.2) is 9.59 Å². The summed E-state index contributed by atoms with van der Waals surface area (Å²) in [5, 5.41) is 13.9. The summed E-state index contributed by atoms with van der Waals surface area (Å²) in [6.45, 7) is 1.94. The molecule has 0 aliphatic heterocycles. The second-order valence-electron chi connectivity index (χ2n) is 5.28. The Morgan fingerprint density at radius 2 is 1.84 bits per heavy atom. The molecule has 0 radical (unpaired) electrons. The first kappa shape index (κ1) is 15.3. The molecule has 0 heterocycles. The van der Waals surface area contributed by atoms with E-state index in [0.717, 1.165) is 32.1 Å². The number of carboxylic acids is 1. The van der Waals surface area contributed by atoms with Crippen LogP contribution in [-0.4, -0.2) is 34.6 Å². The molecule has 0 aromatic carbocycles. The van der Waals surface area contributed by atoms with Gasteiger partial charge in [0.15, 0.2) is 0 Å². The smallest absolute Gasteiger partial charge is 0.326 e. The topological polar surface area (TPSA) is 122 Å². The Hall–Kier alpha value is -1.79. The lowest BCUT2D eigenvalue weighted by Gasteiger charge is -2.34. The number of rotatable bonds is 5. The highest BCUT2D eigenvalue weighted by Crippen LogP contribution is 2.27. The van der Waals surface area contributed by atoms with E-state index in [1.54, 1.807) is 0 Å². The third kappa shape index (κ3) is 5.15. The fraction of sp³-hybridized carbons (Fsp3) is 0.750. The lowest BCUT2D eigenvalue weighted by molar-refractivity contribution is -0.140. The Morgan fingerprint density at radius 1 is 1.26 bits per heavy atom. The zero-order chi connectivity index (χ0) is 14.5. The van der Waals surface area contributed by atoms with Crippen LogP contribution in [0.4, 0.5) is 4.79 Å². The van der Waals surface area contributed by atoms with E-state index in [1.165, 1.54) is 0 Å². The van der Waals surface area contributed by atoms with Gasteiger partial charge in [0, 0.05) is 5.54 Å². The number of carboxylic acid groups (broad SMARTS) is 1. The molecule has 0 spiro atoms. The van der Waals surface area contributed by atoms with E-state index < -0.39 is 30.4 Å². The zero-order valence-electron chi connectivity index (χ0n) is 11.1. The summed E-state index contributed by atoms with van der Waals surface area (Å²) in [4.78, 5) is 33.4. The summed E-state index contributed by atoms with van der Waals surface area (Å²) in [5.74, 6) is -2.04. The highest BCUT2D eigenvalue weighted by Gasteiger charge is 2.30. The normalized spacial score (nSPS) is 19.2. The van der Waals surface area contributed by atoms with Crippen LogP contribution in [0.5, 0.6) is 0 Å². The number of carbonyl (C=O) groups is 3. The molecule has 108 valence electrons. The number of nitrogens with one attached hydrogen (secondary N) is 2. The van der Waals surface area contributed by atoms with E-state index in [-0.39, 0.29) is 5.54 Å². The first-order valence-corrected chi connectivity index (χ1v) is 6.42. The Morgan fingerprint density at radius 3 is 2.32 bits per heavy atom. The molecular weight excluding hydrogens is 250 g/mol. The molecule has 1 unspecified atom stereocenters. The van der Waals surface area contributed by atoms with Crippen LogP contribution in [0.25, 0.3) is 0 Å². The van der Waals surface area contributed by atoms with Crippen LogP contribution in [0, 0.1) is 0 Å². The van der Waals surface area contributed by atoms with Gasteiger partial charge in [0.25, 0.3) is 0 Å². The van der Waals surface area contributed by atoms with Crippen LogP contribution in [-0.2, 0) is 9.59 Å². The van der Waals surface area contributed by atoms with Crippen molar-refractivity contribution in [2.24, 2.45) is 5.73 Å². The van der Waals surface area contributed by atoms with Gasteiger partial charge in [0.1, 0.15) is 6.04 Å². The van der Waals surface area contributed by atoms with Crippen LogP contribution in [0.15, 0.2) is 0 Å². The predicted molar refractivity (Wildman–Crippen MR) is 68.4 cm³/mol. The lowest BCUT2D eigenvalue weighted by Crippen LogP contribution is -2.55. The number of carbonyl (C=O) groups excluding carboxylic acids is 2. The quantitative estimate of drug-likeness (QED) is 0.575. The molecule has 0 aromatic rings. The average molecular weight is 271 g/mol. The summed E-state index contributed by atoms with van der Waals surface area (Å²) in [5.41, 5.74) is 4.64. The highest BCUT2D eigenvalue weighted by molar-refractivity contribution is 5.87. The number of hydrogen-bond acceptors (Lipinski definition) is 3. The van der Waals surface area contributed by atoms with Crippen molar-refractivity contribution in [3.63, 3.8) is 0 Å². The molecule has 1 aliphatic rings. The van der Waals surface area contributed by atoms with Crippen LogP contribution in [0.1, 0.15) is 45.4 Å². The summed E-state index contributed by atoms with van der Waals surface area (Å²) in [7, 11) is 0. The van der Waals surface area contributed by atoms with E-state index in [9.17, 15) is 14.4 Å². The van der Waals surface area contributed by atoms with Crippen LogP contribution in [0.3, 0.4) is 0 Å². The Balaban J connectivity index is 2.52. The Bertz CT molecular complexity index is 364. The summed E-state index contributed by atoms with van der Waals surface area (Å²) < 4.78 is 0. The van der Waals surface area contributed by atoms with Gasteiger partial charge in [0.05, 0.1) is 6.42 Å². The number of hydrogen-bond donors (Lipinski definition) is 4. The number of urea groups is 1. The molecular formula is C12H21N3O4. The standard InChI is InChI=1S/C12H21N3O4/c1-12(5-3-2-4-6-12)15-11(19)14-8(10(17)18)7-9(13)16/h8H,2-7H2,1H3,(H2,13,16)(H,17,18)(H2,14,15,19). The second kappa shape index (κ2) is 6.40. The molecule has 1 atom stereocenters. The molecule has 7 heteroatoms. The molecule has 1 fully saturated rings. The summed E-state index contributed by atoms with van der Waals surface area (Å²) in [6, 6.07) is -1.86. The van der Waals surface area contributed by atoms with E-state index in [1.807, 2.05) is 6.92 Å². The summed E-state index contributed by atoms with van der Waals surface area (Å²) >= 11 is 0. The van der Waals surface area contributed by atoms with Crippen molar-refractivity contribution >= 4 is 17.9 Å². The SMILES string of the molecule is CC1(NC(=O)NC(CC(N)=O)C(=O)O)CCCCC1. The second-order valence-corrected chi connectivity index (χ2v) is 5.28. The minimum atomic E-state index is -1.29. The molecule has 0 aromatic heterocycles. The van der Waals surface area contributed by atoms with Crippen molar-refractivity contribution in [1.29, 1.82) is 0 Å². The van der Waals surface area contributed by atoms with E-state index in [0.29, 0.717) is 0 Å². The van der Waals surface area contributed by atoms with Gasteiger partial charge < -0.3 is 21.5 Å². The molecule has 5 N–H and O–H groups in total. The third-order valence-electron chi connectivity index (χ3n) is 3.38. The van der Waals surface area contributed by atoms with E-state index in [4.69, 9.17) is 10.8 Å². The molecule has 1 rings (SSSR count). The van der Waals surface area contributed by atoms with Crippen LogP contribution >= 0.6 is 0 Å². The molecule has 3 amide bonds. The number of nitrogens with two attached hydrogens (primary N) is 1. The fourth-order valence-electron chi connectivity index (χ4n) is 2.33. The van der Waals surface area contributed by atoms with E-state index >= 15 is 0 Å². The van der Waals surface area contributed by atoms with Gasteiger partial charge in [0.2, 0.25) is 5.91 Å². The maximum Gasteiger partial charge on any atom is 0.326 e. The van der Waals surface area contributed by atoms with Crippen molar-refractivity contribution in [2.45, 2.75) is 57.0 Å². The van der Waals surface area contributed by atoms with Gasteiger partial charge in [-0.15, -0.1) is 0 Å². The monoisotopic (exact) mass is 271 g/mol. The van der Waals surface area contributed by atoms with Gasteiger partial charge >= 0.3 is 12.0 Å². The zero-order valence-corrected chi connectivity index (χ0v) is 11.1. The molecule has 1 saturated carbocycles. The van der Waals surface area contributed by atoms with Gasteiger partial charge in [-0.3, -0.25) is 4.79 Å². The largest absolute Gasteiger partial charge is 0.480 e. The van der Waals surface area contributed by atoms with Crippen molar-refractivity contribution < 1.29 is 19.5 Å². The van der Waals surface area contributed by atoms with E-state index in [2.05, 4.69) is 10.6 Å². The molecule has 1 aliphatic carbocycles. The minimum Gasteiger partial charge on any atom is -0.480 e. The summed E-state index contributed by atoms with van der Waals surface area (Å²) in [6.07, 6.45) is 4.56. The van der Waals surface area contributed by atoms with Gasteiger partial charge in [-0.1, -0.05) is 19.3 Å². The maximum absolute atomic E-state index is 11.8. The Labute approximate surface area is 111 Å². The van der Waals surface area contributed by atoms with Crippen molar-refractivity contribution in [3.8, 4) is 0 Å². The number of aliphatic carboxylic acids is 1. The molecule has 0 bridgehead atoms. The predicted octanol–water partition coefficient (Wildman–Crippen LogP) is 0.337. The third-order valence-corrected chi connectivity index (χ3v) is 3.38. The fourth-order valence-corrected chi connectivity index (χ4v) is 2.33. The average Bonchev–Trinajstić information content (AvgIpc) is 2.27. The maximum atomic E-state index is 11.8. The first-order chi connectivity index (χ1) is 8.82. The van der Waals surface area contributed by atoms with Gasteiger partial charge in [-0.05, 0) is 19.8 Å². The highest BCUT2D eigenvalue weighted by atomic mass is 16.4. The molecule has 19 heavy (non-hydrogen) atoms. The Kier molecular flexibility index (Phi) is 5.14. The number of amides is 3. The lowest BCUT2D eigenvalue weighted by atomic mass is 9.83. The number of primary amides is 1. The van der Waals surface area contributed by atoms with Crippen molar-refractivity contribution in [2.75, 3.05) is 0 Å².